The highest BCUT2D eigenvalue weighted by atomic mass is 31.2. The van der Waals surface area contributed by atoms with Gasteiger partial charge in [-0.05, 0) is 42.5 Å². The van der Waals surface area contributed by atoms with Gasteiger partial charge in [-0.2, -0.15) is 0 Å². The molecule has 0 unspecified atom stereocenters. The fourth-order valence-electron chi connectivity index (χ4n) is 3.30. The van der Waals surface area contributed by atoms with E-state index in [0.29, 0.717) is 0 Å². The van der Waals surface area contributed by atoms with Gasteiger partial charge in [0.25, 0.3) is 0 Å². The molecule has 0 aliphatic carbocycles. The van der Waals surface area contributed by atoms with Crippen molar-refractivity contribution in [1.29, 1.82) is 0 Å². The van der Waals surface area contributed by atoms with Crippen LogP contribution in [0.3, 0.4) is 0 Å². The number of hydrogen-bond donors (Lipinski definition) is 0. The molecule has 0 N–H and O–H groups in total. The van der Waals surface area contributed by atoms with Gasteiger partial charge in [-0.3, -0.25) is 0 Å². The second-order valence-corrected chi connectivity index (χ2v) is 10.3. The quantitative estimate of drug-likeness (QED) is 0.701. The van der Waals surface area contributed by atoms with Crippen molar-refractivity contribution in [3.63, 3.8) is 0 Å². The lowest BCUT2D eigenvalue weighted by atomic mass is 10.0. The van der Waals surface area contributed by atoms with Gasteiger partial charge in [0.2, 0.25) is 0 Å². The summed E-state index contributed by atoms with van der Waals surface area (Å²) in [4.78, 5) is 0. The molecular weight excluding hydrogens is 275 g/mol. The average molecular weight is 298 g/mol. The molecule has 0 fully saturated rings. The minimum Gasteiger partial charge on any atom is -0.314 e. The second-order valence-electron chi connectivity index (χ2n) is 7.50. The van der Waals surface area contributed by atoms with Crippen molar-refractivity contribution in [2.75, 3.05) is 6.16 Å². The van der Waals surface area contributed by atoms with E-state index in [1.54, 1.807) is 0 Å². The number of aryl methyl sites for hydroxylation is 2. The highest BCUT2D eigenvalue weighted by molar-refractivity contribution is 7.80. The molecule has 1 heterocycles. The van der Waals surface area contributed by atoms with Crippen LogP contribution in [0.5, 0.6) is 0 Å². The molecule has 2 aromatic rings. The summed E-state index contributed by atoms with van der Waals surface area (Å²) in [5, 5.41) is 2.14. The minimum atomic E-state index is -2.53. The fourth-order valence-corrected chi connectivity index (χ4v) is 7.23. The summed E-state index contributed by atoms with van der Waals surface area (Å²) in [7, 11) is -2.53. The number of benzene rings is 2. The largest absolute Gasteiger partial charge is 0.314 e. The molecule has 0 saturated carbocycles. The van der Waals surface area contributed by atoms with Crippen molar-refractivity contribution in [3.05, 3.63) is 47.5 Å². The lowest BCUT2D eigenvalue weighted by molar-refractivity contribution is 0.466. The van der Waals surface area contributed by atoms with E-state index in [9.17, 15) is 4.57 Å². The van der Waals surface area contributed by atoms with Gasteiger partial charge < -0.3 is 4.57 Å². The first-order valence-corrected chi connectivity index (χ1v) is 9.42. The maximum Gasteiger partial charge on any atom is 0.145 e. The van der Waals surface area contributed by atoms with Gasteiger partial charge in [0.05, 0.1) is 0 Å². The Morgan fingerprint density at radius 1 is 0.857 bits per heavy atom. The molecule has 0 radical (unpaired) electrons. The maximum atomic E-state index is 14.0. The summed E-state index contributed by atoms with van der Waals surface area (Å²) < 4.78 is 14.0. The van der Waals surface area contributed by atoms with E-state index in [4.69, 9.17) is 0 Å². The highest BCUT2D eigenvalue weighted by Gasteiger charge is 2.41. The van der Waals surface area contributed by atoms with Crippen LogP contribution in [0.25, 0.3) is 11.1 Å². The first-order chi connectivity index (χ1) is 9.71. The minimum absolute atomic E-state index is 0.0436. The van der Waals surface area contributed by atoms with Gasteiger partial charge in [0, 0.05) is 16.8 Å². The molecule has 2 aromatic carbocycles. The zero-order valence-electron chi connectivity index (χ0n) is 13.5. The molecule has 1 nitrogen and oxygen atoms in total. The van der Waals surface area contributed by atoms with Crippen LogP contribution in [-0.4, -0.2) is 6.16 Å². The lowest BCUT2D eigenvalue weighted by Gasteiger charge is -2.25. The van der Waals surface area contributed by atoms with Crippen molar-refractivity contribution in [3.8, 4) is 11.1 Å². The molecule has 3 rings (SSSR count). The zero-order chi connectivity index (χ0) is 15.4. The van der Waals surface area contributed by atoms with E-state index in [0.717, 1.165) is 16.8 Å². The monoisotopic (exact) mass is 298 g/mol. The summed E-state index contributed by atoms with van der Waals surface area (Å²) in [6, 6.07) is 12.8. The van der Waals surface area contributed by atoms with Crippen molar-refractivity contribution >= 4 is 17.8 Å². The summed E-state index contributed by atoms with van der Waals surface area (Å²) in [5.74, 6) is 0. The third kappa shape index (κ3) is 2.38. The van der Waals surface area contributed by atoms with Gasteiger partial charge >= 0.3 is 0 Å². The number of fused-ring (bicyclic) bond motifs is 3. The van der Waals surface area contributed by atoms with Crippen molar-refractivity contribution in [2.45, 2.75) is 34.6 Å². The Morgan fingerprint density at radius 2 is 1.29 bits per heavy atom. The third-order valence-electron chi connectivity index (χ3n) is 4.07. The maximum absolute atomic E-state index is 14.0. The second kappa shape index (κ2) is 4.58. The van der Waals surface area contributed by atoms with Crippen molar-refractivity contribution in [2.24, 2.45) is 5.41 Å². The Kier molecular flexibility index (Phi) is 3.19. The van der Waals surface area contributed by atoms with Gasteiger partial charge in [-0.1, -0.05) is 56.2 Å². The summed E-state index contributed by atoms with van der Waals surface area (Å²) in [5.41, 5.74) is 4.76. The van der Waals surface area contributed by atoms with Gasteiger partial charge in [0.15, 0.2) is 0 Å². The van der Waals surface area contributed by atoms with Crippen LogP contribution >= 0.6 is 7.14 Å². The van der Waals surface area contributed by atoms with E-state index in [1.165, 1.54) is 22.3 Å². The predicted molar refractivity (Wildman–Crippen MR) is 92.5 cm³/mol. The smallest absolute Gasteiger partial charge is 0.145 e. The fraction of sp³-hybridized carbons (Fsp3) is 0.368. The Morgan fingerprint density at radius 3 is 1.67 bits per heavy atom. The highest BCUT2D eigenvalue weighted by Crippen LogP contribution is 2.56. The molecule has 0 atom stereocenters. The molecule has 0 saturated heterocycles. The molecule has 110 valence electrons. The Hall–Kier alpha value is -1.33. The van der Waals surface area contributed by atoms with Gasteiger partial charge in [-0.15, -0.1) is 0 Å². The van der Waals surface area contributed by atoms with E-state index in [2.05, 4.69) is 71.0 Å². The zero-order valence-corrected chi connectivity index (χ0v) is 14.4. The third-order valence-corrected chi connectivity index (χ3v) is 7.76. The molecule has 0 aromatic heterocycles. The van der Waals surface area contributed by atoms with Crippen LogP contribution in [-0.2, 0) is 4.57 Å². The molecule has 1 aliphatic heterocycles. The van der Waals surface area contributed by atoms with Crippen LogP contribution in [0.1, 0.15) is 31.9 Å². The van der Waals surface area contributed by atoms with E-state index < -0.39 is 7.14 Å². The lowest BCUT2D eigenvalue weighted by Crippen LogP contribution is -2.22. The van der Waals surface area contributed by atoms with E-state index in [-0.39, 0.29) is 5.41 Å². The molecule has 0 spiro atoms. The molecule has 2 heteroatoms. The summed E-state index contributed by atoms with van der Waals surface area (Å²) in [6.45, 7) is 10.7. The molecule has 21 heavy (non-hydrogen) atoms. The van der Waals surface area contributed by atoms with E-state index in [1.807, 2.05) is 0 Å². The van der Waals surface area contributed by atoms with Crippen LogP contribution in [0, 0.1) is 19.3 Å². The van der Waals surface area contributed by atoms with Crippen LogP contribution < -0.4 is 10.6 Å². The Bertz CT molecular complexity index is 710. The van der Waals surface area contributed by atoms with Crippen molar-refractivity contribution < 1.29 is 4.57 Å². The van der Waals surface area contributed by atoms with Crippen molar-refractivity contribution in [1.82, 2.24) is 0 Å². The number of hydrogen-bond acceptors (Lipinski definition) is 1. The summed E-state index contributed by atoms with van der Waals surface area (Å²) in [6.07, 6.45) is 0.729. The number of rotatable bonds is 1. The molecule has 0 bridgehead atoms. The first kappa shape index (κ1) is 14.6. The molecular formula is C19H23OP. The normalized spacial score (nSPS) is 15.7. The topological polar surface area (TPSA) is 17.1 Å². The van der Waals surface area contributed by atoms with Crippen LogP contribution in [0.15, 0.2) is 36.4 Å². The van der Waals surface area contributed by atoms with E-state index >= 15 is 0 Å². The SMILES string of the molecule is Cc1ccc2c(c1)P(=O)(CC(C)(C)C)c1cc(C)ccc1-2. The van der Waals surface area contributed by atoms with Gasteiger partial charge in [-0.25, -0.2) is 0 Å². The Labute approximate surface area is 127 Å². The predicted octanol–water partition coefficient (Wildman–Crippen LogP) is 4.64. The van der Waals surface area contributed by atoms with Crippen LogP contribution in [0.4, 0.5) is 0 Å². The first-order valence-electron chi connectivity index (χ1n) is 7.53. The van der Waals surface area contributed by atoms with Crippen LogP contribution in [0.2, 0.25) is 0 Å². The molecule has 0 amide bonds. The van der Waals surface area contributed by atoms with Gasteiger partial charge in [0.1, 0.15) is 7.14 Å². The summed E-state index contributed by atoms with van der Waals surface area (Å²) >= 11 is 0. The Balaban J connectivity index is 2.32. The standard InChI is InChI=1S/C19H23OP/c1-13-6-8-15-16-9-7-14(2)11-18(16)21(20,17(15)10-13)12-19(3,4)5/h6-11H,12H2,1-5H3. The molecule has 1 aliphatic rings. The average Bonchev–Trinajstić information content (AvgIpc) is 2.57.